The summed E-state index contributed by atoms with van der Waals surface area (Å²) in [5.41, 5.74) is 0. The van der Waals surface area contributed by atoms with E-state index in [2.05, 4.69) is 0 Å². The first kappa shape index (κ1) is 17.5. The molecule has 1 amide bonds. The van der Waals surface area contributed by atoms with Crippen LogP contribution >= 0.6 is 0 Å². The number of carboxylic acids is 2. The second kappa shape index (κ2) is 8.64. The summed E-state index contributed by atoms with van der Waals surface area (Å²) in [6, 6.07) is 0. The Morgan fingerprint density at radius 2 is 1.76 bits per heavy atom. The summed E-state index contributed by atoms with van der Waals surface area (Å²) in [5.74, 6) is -2.50. The van der Waals surface area contributed by atoms with E-state index < -0.39 is 17.9 Å². The molecule has 0 saturated heterocycles. The van der Waals surface area contributed by atoms with Gasteiger partial charge in [0.05, 0.1) is 5.92 Å². The highest BCUT2D eigenvalue weighted by Crippen LogP contribution is 2.26. The predicted octanol–water partition coefficient (Wildman–Crippen LogP) is 1.98. The van der Waals surface area contributed by atoms with Crippen molar-refractivity contribution < 1.29 is 24.6 Å². The molecule has 1 fully saturated rings. The van der Waals surface area contributed by atoms with Crippen LogP contribution in [0.25, 0.3) is 0 Å². The largest absolute Gasteiger partial charge is 0.481 e. The predicted molar refractivity (Wildman–Crippen MR) is 76.8 cm³/mol. The lowest BCUT2D eigenvalue weighted by molar-refractivity contribution is -0.145. The van der Waals surface area contributed by atoms with E-state index in [-0.39, 0.29) is 24.8 Å². The molecule has 120 valence electrons. The Balaban J connectivity index is 2.62. The summed E-state index contributed by atoms with van der Waals surface area (Å²) in [4.78, 5) is 35.6. The number of hydrogen-bond donors (Lipinski definition) is 2. The topological polar surface area (TPSA) is 94.9 Å². The van der Waals surface area contributed by atoms with Gasteiger partial charge in [-0.1, -0.05) is 26.2 Å². The fourth-order valence-corrected chi connectivity index (χ4v) is 2.73. The van der Waals surface area contributed by atoms with Crippen LogP contribution in [0.5, 0.6) is 0 Å². The van der Waals surface area contributed by atoms with Gasteiger partial charge in [0.25, 0.3) is 0 Å². The van der Waals surface area contributed by atoms with E-state index >= 15 is 0 Å². The molecule has 1 unspecified atom stereocenters. The SMILES string of the molecule is CC(CN(CCCC(=O)O)C(=O)C1CCCCC1)C(=O)O. The third-order valence-corrected chi connectivity index (χ3v) is 4.00. The minimum Gasteiger partial charge on any atom is -0.481 e. The van der Waals surface area contributed by atoms with Gasteiger partial charge in [0, 0.05) is 25.4 Å². The second-order valence-electron chi connectivity index (χ2n) is 5.86. The lowest BCUT2D eigenvalue weighted by Crippen LogP contribution is -2.41. The molecule has 0 spiro atoms. The van der Waals surface area contributed by atoms with Gasteiger partial charge in [-0.2, -0.15) is 0 Å². The Morgan fingerprint density at radius 1 is 1.14 bits per heavy atom. The molecular formula is C15H25NO5. The van der Waals surface area contributed by atoms with Crippen LogP contribution in [0.4, 0.5) is 0 Å². The number of carbonyl (C=O) groups is 3. The molecule has 0 aromatic carbocycles. The van der Waals surface area contributed by atoms with Crippen molar-refractivity contribution in [2.75, 3.05) is 13.1 Å². The van der Waals surface area contributed by atoms with E-state index in [1.807, 2.05) is 0 Å². The molecule has 6 heteroatoms. The normalized spacial score (nSPS) is 17.2. The third kappa shape index (κ3) is 6.14. The van der Waals surface area contributed by atoms with Crippen molar-refractivity contribution >= 4 is 17.8 Å². The van der Waals surface area contributed by atoms with Gasteiger partial charge >= 0.3 is 11.9 Å². The first-order valence-corrected chi connectivity index (χ1v) is 7.65. The maximum atomic E-state index is 12.5. The number of carbonyl (C=O) groups excluding carboxylic acids is 1. The van der Waals surface area contributed by atoms with Gasteiger partial charge in [0.15, 0.2) is 0 Å². The van der Waals surface area contributed by atoms with E-state index in [0.717, 1.165) is 32.1 Å². The van der Waals surface area contributed by atoms with Gasteiger partial charge in [0.1, 0.15) is 0 Å². The summed E-state index contributed by atoms with van der Waals surface area (Å²) < 4.78 is 0. The molecule has 0 aromatic rings. The van der Waals surface area contributed by atoms with Crippen molar-refractivity contribution in [1.82, 2.24) is 4.90 Å². The Bertz CT molecular complexity index is 376. The lowest BCUT2D eigenvalue weighted by atomic mass is 9.88. The van der Waals surface area contributed by atoms with Gasteiger partial charge in [-0.25, -0.2) is 0 Å². The first-order valence-electron chi connectivity index (χ1n) is 7.65. The molecule has 6 nitrogen and oxygen atoms in total. The Morgan fingerprint density at radius 3 is 2.29 bits per heavy atom. The zero-order valence-corrected chi connectivity index (χ0v) is 12.6. The Labute approximate surface area is 125 Å². The van der Waals surface area contributed by atoms with Crippen molar-refractivity contribution in [3.05, 3.63) is 0 Å². The highest BCUT2D eigenvalue weighted by atomic mass is 16.4. The van der Waals surface area contributed by atoms with Crippen LogP contribution in [0, 0.1) is 11.8 Å². The Hall–Kier alpha value is -1.59. The molecule has 1 saturated carbocycles. The van der Waals surface area contributed by atoms with Crippen molar-refractivity contribution in [2.45, 2.75) is 51.9 Å². The van der Waals surface area contributed by atoms with Crippen molar-refractivity contribution in [3.63, 3.8) is 0 Å². The zero-order valence-electron chi connectivity index (χ0n) is 12.6. The molecule has 2 N–H and O–H groups in total. The van der Waals surface area contributed by atoms with E-state index in [1.165, 1.54) is 0 Å². The zero-order chi connectivity index (χ0) is 15.8. The molecule has 0 bridgehead atoms. The fourth-order valence-electron chi connectivity index (χ4n) is 2.73. The highest BCUT2D eigenvalue weighted by Gasteiger charge is 2.28. The van der Waals surface area contributed by atoms with Crippen LogP contribution in [0.15, 0.2) is 0 Å². The van der Waals surface area contributed by atoms with E-state index in [4.69, 9.17) is 10.2 Å². The maximum Gasteiger partial charge on any atom is 0.308 e. The summed E-state index contributed by atoms with van der Waals surface area (Å²) >= 11 is 0. The van der Waals surface area contributed by atoms with Gasteiger partial charge in [-0.3, -0.25) is 14.4 Å². The van der Waals surface area contributed by atoms with Crippen LogP contribution in [-0.4, -0.2) is 46.0 Å². The number of hydrogen-bond acceptors (Lipinski definition) is 3. The van der Waals surface area contributed by atoms with Crippen molar-refractivity contribution in [3.8, 4) is 0 Å². The van der Waals surface area contributed by atoms with Crippen LogP contribution in [-0.2, 0) is 14.4 Å². The molecule has 1 atom stereocenters. The molecular weight excluding hydrogens is 274 g/mol. The number of rotatable bonds is 8. The van der Waals surface area contributed by atoms with Gasteiger partial charge in [0.2, 0.25) is 5.91 Å². The summed E-state index contributed by atoms with van der Waals surface area (Å²) in [6.45, 7) is 2.05. The maximum absolute atomic E-state index is 12.5. The molecule has 0 aliphatic heterocycles. The molecule has 0 heterocycles. The highest BCUT2D eigenvalue weighted by molar-refractivity contribution is 5.80. The van der Waals surface area contributed by atoms with Crippen LogP contribution < -0.4 is 0 Å². The van der Waals surface area contributed by atoms with Crippen LogP contribution in [0.3, 0.4) is 0 Å². The molecule has 21 heavy (non-hydrogen) atoms. The molecule has 1 aliphatic rings. The Kier molecular flexibility index (Phi) is 7.19. The minimum absolute atomic E-state index is 0.00407. The molecule has 0 aromatic heterocycles. The first-order chi connectivity index (χ1) is 9.91. The monoisotopic (exact) mass is 299 g/mol. The van der Waals surface area contributed by atoms with Gasteiger partial charge < -0.3 is 15.1 Å². The van der Waals surface area contributed by atoms with Crippen LogP contribution in [0.2, 0.25) is 0 Å². The summed E-state index contributed by atoms with van der Waals surface area (Å²) in [6.07, 6.45) is 5.29. The molecule has 0 radical (unpaired) electrons. The number of nitrogens with zero attached hydrogens (tertiary/aromatic N) is 1. The minimum atomic E-state index is -0.935. The average Bonchev–Trinajstić information content (AvgIpc) is 2.45. The van der Waals surface area contributed by atoms with Crippen molar-refractivity contribution in [2.24, 2.45) is 11.8 Å². The summed E-state index contributed by atoms with van der Waals surface area (Å²) in [7, 11) is 0. The second-order valence-corrected chi connectivity index (χ2v) is 5.86. The quantitative estimate of drug-likeness (QED) is 0.714. The summed E-state index contributed by atoms with van der Waals surface area (Å²) in [5, 5.41) is 17.7. The smallest absolute Gasteiger partial charge is 0.308 e. The van der Waals surface area contributed by atoms with E-state index in [0.29, 0.717) is 13.0 Å². The number of carboxylic acid groups (broad SMARTS) is 2. The third-order valence-electron chi connectivity index (χ3n) is 4.00. The van der Waals surface area contributed by atoms with Gasteiger partial charge in [-0.15, -0.1) is 0 Å². The molecule has 1 aliphatic carbocycles. The van der Waals surface area contributed by atoms with E-state index in [1.54, 1.807) is 11.8 Å². The number of aliphatic carboxylic acids is 2. The lowest BCUT2D eigenvalue weighted by Gasteiger charge is -2.30. The van der Waals surface area contributed by atoms with E-state index in [9.17, 15) is 14.4 Å². The molecule has 1 rings (SSSR count). The van der Waals surface area contributed by atoms with Gasteiger partial charge in [-0.05, 0) is 19.3 Å². The van der Waals surface area contributed by atoms with Crippen LogP contribution in [0.1, 0.15) is 51.9 Å². The fraction of sp³-hybridized carbons (Fsp3) is 0.800. The van der Waals surface area contributed by atoms with Crippen molar-refractivity contribution in [1.29, 1.82) is 0 Å². The average molecular weight is 299 g/mol. The number of amides is 1. The standard InChI is InChI=1S/C15H25NO5/c1-11(15(20)21)10-16(9-5-8-13(17)18)14(19)12-6-3-2-4-7-12/h11-12H,2-10H2,1H3,(H,17,18)(H,20,21).